The molecule has 27 heavy (non-hydrogen) atoms. The van der Waals surface area contributed by atoms with Gasteiger partial charge in [-0.3, -0.25) is 4.79 Å². The molecule has 0 heterocycles. The molecular weight excluding hydrogens is 362 g/mol. The Hall–Kier alpha value is -1.96. The molecule has 2 rings (SSSR count). The van der Waals surface area contributed by atoms with Crippen LogP contribution in [0.25, 0.3) is 10.8 Å². The van der Waals surface area contributed by atoms with Gasteiger partial charge < -0.3 is 10.6 Å². The summed E-state index contributed by atoms with van der Waals surface area (Å²) in [5.74, 6) is -0.160. The second kappa shape index (κ2) is 9.30. The highest BCUT2D eigenvalue weighted by Gasteiger charge is 2.14. The molecule has 0 aliphatic heterocycles. The molecule has 0 aromatic heterocycles. The van der Waals surface area contributed by atoms with Crippen LogP contribution in [0.15, 0.2) is 47.4 Å². The molecule has 0 fully saturated rings. The minimum Gasteiger partial charge on any atom is -0.356 e. The molecule has 0 aliphatic carbocycles. The Kier molecular flexibility index (Phi) is 7.35. The van der Waals surface area contributed by atoms with Gasteiger partial charge in [0, 0.05) is 25.0 Å². The lowest BCUT2D eigenvalue weighted by Gasteiger charge is -2.20. The normalized spacial score (nSPS) is 12.3. The van der Waals surface area contributed by atoms with E-state index in [9.17, 15) is 13.2 Å². The predicted octanol–water partition coefficient (Wildman–Crippen LogP) is 2.40. The first-order chi connectivity index (χ1) is 12.7. The highest BCUT2D eigenvalue weighted by atomic mass is 32.2. The maximum Gasteiger partial charge on any atom is 0.240 e. The zero-order valence-corrected chi connectivity index (χ0v) is 17.0. The van der Waals surface area contributed by atoms with Crippen molar-refractivity contribution < 1.29 is 13.2 Å². The van der Waals surface area contributed by atoms with E-state index in [1.54, 1.807) is 18.2 Å². The zero-order chi connectivity index (χ0) is 19.9. The minimum atomic E-state index is -3.63. The average molecular weight is 392 g/mol. The van der Waals surface area contributed by atoms with Crippen molar-refractivity contribution in [2.24, 2.45) is 0 Å². The second-order valence-corrected chi connectivity index (χ2v) is 9.30. The Labute approximate surface area is 161 Å². The largest absolute Gasteiger partial charge is 0.356 e. The molecule has 0 spiro atoms. The van der Waals surface area contributed by atoms with Gasteiger partial charge in [0.25, 0.3) is 0 Å². The molecule has 2 aromatic rings. The molecule has 0 atom stereocenters. The molecule has 0 aliphatic rings. The summed E-state index contributed by atoms with van der Waals surface area (Å²) in [5.41, 5.74) is 0.0606. The SMILES string of the molecule is CC(C)(C)NCCCNC(=O)CCNS(=O)(=O)c1ccc2ccccc2c1. The standard InChI is InChI=1S/C20H29N3O3S/c1-20(2,3)22-13-6-12-21-19(24)11-14-23-27(25,26)18-10-9-16-7-4-5-8-17(16)15-18/h4-5,7-10,15,22-23H,6,11-14H2,1-3H3,(H,21,24). The van der Waals surface area contributed by atoms with Gasteiger partial charge in [-0.1, -0.05) is 30.3 Å². The lowest BCUT2D eigenvalue weighted by molar-refractivity contribution is -0.120. The van der Waals surface area contributed by atoms with Gasteiger partial charge in [-0.25, -0.2) is 13.1 Å². The molecular formula is C20H29N3O3S. The van der Waals surface area contributed by atoms with Crippen molar-refractivity contribution in [3.8, 4) is 0 Å². The van der Waals surface area contributed by atoms with Gasteiger partial charge in [-0.05, 0) is 56.6 Å². The van der Waals surface area contributed by atoms with E-state index in [0.717, 1.165) is 23.7 Å². The Morgan fingerprint density at radius 2 is 1.67 bits per heavy atom. The number of carbonyl (C=O) groups excluding carboxylic acids is 1. The maximum atomic E-state index is 12.4. The lowest BCUT2D eigenvalue weighted by Crippen LogP contribution is -2.38. The fraction of sp³-hybridized carbons (Fsp3) is 0.450. The van der Waals surface area contributed by atoms with Gasteiger partial charge in [-0.15, -0.1) is 0 Å². The van der Waals surface area contributed by atoms with Crippen LogP contribution in [0.3, 0.4) is 0 Å². The number of rotatable bonds is 9. The van der Waals surface area contributed by atoms with Gasteiger partial charge in [0.1, 0.15) is 0 Å². The second-order valence-electron chi connectivity index (χ2n) is 7.54. The van der Waals surface area contributed by atoms with E-state index in [2.05, 4.69) is 36.1 Å². The van der Waals surface area contributed by atoms with E-state index in [-0.39, 0.29) is 29.3 Å². The number of hydrogen-bond donors (Lipinski definition) is 3. The van der Waals surface area contributed by atoms with Crippen LogP contribution in [-0.4, -0.2) is 39.5 Å². The zero-order valence-electron chi connectivity index (χ0n) is 16.2. The Balaban J connectivity index is 1.75. The highest BCUT2D eigenvalue weighted by molar-refractivity contribution is 7.89. The third-order valence-electron chi connectivity index (χ3n) is 4.01. The van der Waals surface area contributed by atoms with Crippen LogP contribution >= 0.6 is 0 Å². The van der Waals surface area contributed by atoms with Crippen molar-refractivity contribution >= 4 is 26.7 Å². The first kappa shape index (κ1) is 21.3. The van der Waals surface area contributed by atoms with Crippen molar-refractivity contribution in [3.63, 3.8) is 0 Å². The number of benzene rings is 2. The molecule has 0 bridgehead atoms. The molecule has 2 aromatic carbocycles. The van der Waals surface area contributed by atoms with Gasteiger partial charge in [0.05, 0.1) is 4.90 Å². The van der Waals surface area contributed by atoms with Crippen molar-refractivity contribution in [1.82, 2.24) is 15.4 Å². The molecule has 1 amide bonds. The van der Waals surface area contributed by atoms with Crippen molar-refractivity contribution in [3.05, 3.63) is 42.5 Å². The van der Waals surface area contributed by atoms with Crippen LogP contribution in [0.2, 0.25) is 0 Å². The van der Waals surface area contributed by atoms with Gasteiger partial charge in [0.2, 0.25) is 15.9 Å². The number of amides is 1. The van der Waals surface area contributed by atoms with Crippen LogP contribution in [0.4, 0.5) is 0 Å². The number of carbonyl (C=O) groups is 1. The van der Waals surface area contributed by atoms with Crippen LogP contribution in [0, 0.1) is 0 Å². The summed E-state index contributed by atoms with van der Waals surface area (Å²) in [4.78, 5) is 12.0. The smallest absolute Gasteiger partial charge is 0.240 e. The van der Waals surface area contributed by atoms with Crippen LogP contribution in [0.1, 0.15) is 33.6 Å². The van der Waals surface area contributed by atoms with Crippen molar-refractivity contribution in [2.45, 2.75) is 44.0 Å². The Morgan fingerprint density at radius 1 is 0.963 bits per heavy atom. The number of nitrogens with one attached hydrogen (secondary N) is 3. The summed E-state index contributed by atoms with van der Waals surface area (Å²) >= 11 is 0. The maximum absolute atomic E-state index is 12.4. The summed E-state index contributed by atoms with van der Waals surface area (Å²) in [6.07, 6.45) is 0.936. The summed E-state index contributed by atoms with van der Waals surface area (Å²) in [5, 5.41) is 8.00. The molecule has 6 nitrogen and oxygen atoms in total. The molecule has 3 N–H and O–H groups in total. The fourth-order valence-corrected chi connectivity index (χ4v) is 3.65. The number of fused-ring (bicyclic) bond motifs is 1. The van der Waals surface area contributed by atoms with Crippen molar-refractivity contribution in [2.75, 3.05) is 19.6 Å². The van der Waals surface area contributed by atoms with E-state index in [1.165, 1.54) is 0 Å². The topological polar surface area (TPSA) is 87.3 Å². The molecule has 7 heteroatoms. The van der Waals surface area contributed by atoms with E-state index in [1.807, 2.05) is 24.3 Å². The third-order valence-corrected chi connectivity index (χ3v) is 5.47. The van der Waals surface area contributed by atoms with Crippen LogP contribution < -0.4 is 15.4 Å². The third kappa shape index (κ3) is 7.28. The molecule has 0 saturated carbocycles. The fourth-order valence-electron chi connectivity index (χ4n) is 2.58. The monoisotopic (exact) mass is 391 g/mol. The number of hydrogen-bond acceptors (Lipinski definition) is 4. The van der Waals surface area contributed by atoms with Gasteiger partial charge in [0.15, 0.2) is 0 Å². The average Bonchev–Trinajstić information content (AvgIpc) is 2.60. The van der Waals surface area contributed by atoms with Gasteiger partial charge in [-0.2, -0.15) is 0 Å². The summed E-state index contributed by atoms with van der Waals surface area (Å²) in [7, 11) is -3.63. The first-order valence-corrected chi connectivity index (χ1v) is 10.7. The predicted molar refractivity (Wildman–Crippen MR) is 109 cm³/mol. The molecule has 148 valence electrons. The van der Waals surface area contributed by atoms with Crippen LogP contribution in [0.5, 0.6) is 0 Å². The summed E-state index contributed by atoms with van der Waals surface area (Å²) in [6, 6.07) is 12.6. The van der Waals surface area contributed by atoms with E-state index < -0.39 is 10.0 Å². The summed E-state index contributed by atoms with van der Waals surface area (Å²) < 4.78 is 27.3. The summed E-state index contributed by atoms with van der Waals surface area (Å²) in [6.45, 7) is 7.73. The molecule has 0 saturated heterocycles. The van der Waals surface area contributed by atoms with Crippen LogP contribution in [-0.2, 0) is 14.8 Å². The minimum absolute atomic E-state index is 0.0606. The molecule has 0 radical (unpaired) electrons. The quantitative estimate of drug-likeness (QED) is 0.573. The van der Waals surface area contributed by atoms with E-state index in [0.29, 0.717) is 6.54 Å². The lowest BCUT2D eigenvalue weighted by atomic mass is 10.1. The Morgan fingerprint density at radius 3 is 2.37 bits per heavy atom. The molecule has 0 unspecified atom stereocenters. The van der Waals surface area contributed by atoms with Crippen molar-refractivity contribution in [1.29, 1.82) is 0 Å². The number of sulfonamides is 1. The Bertz CT molecular complexity index is 873. The van der Waals surface area contributed by atoms with Gasteiger partial charge >= 0.3 is 0 Å². The highest BCUT2D eigenvalue weighted by Crippen LogP contribution is 2.18. The van der Waals surface area contributed by atoms with E-state index >= 15 is 0 Å². The van der Waals surface area contributed by atoms with E-state index in [4.69, 9.17) is 0 Å². The first-order valence-electron chi connectivity index (χ1n) is 9.18.